The number of hydrogen-bond donors (Lipinski definition) is 7. The molecule has 1 aliphatic rings. The second kappa shape index (κ2) is 12.7. The number of aliphatic carboxylic acids is 1. The summed E-state index contributed by atoms with van der Waals surface area (Å²) in [4.78, 5) is 59.8. The van der Waals surface area contributed by atoms with E-state index < -0.39 is 42.0 Å². The summed E-state index contributed by atoms with van der Waals surface area (Å²) in [5, 5.41) is 16.6. The predicted molar refractivity (Wildman–Crippen MR) is 162 cm³/mol. The van der Waals surface area contributed by atoms with Crippen molar-refractivity contribution in [1.82, 2.24) is 25.5 Å². The minimum absolute atomic E-state index is 0.112. The zero-order valence-electron chi connectivity index (χ0n) is 22.9. The first kappa shape index (κ1) is 29.2. The van der Waals surface area contributed by atoms with Crippen LogP contribution in [-0.2, 0) is 32.0 Å². The Morgan fingerprint density at radius 2 is 1.52 bits per heavy atom. The largest absolute Gasteiger partial charge is 0.480 e. The number of H-pyrrole nitrogens is 2. The van der Waals surface area contributed by atoms with Crippen molar-refractivity contribution >= 4 is 58.1 Å². The van der Waals surface area contributed by atoms with Crippen LogP contribution in [0, 0.1) is 0 Å². The van der Waals surface area contributed by atoms with Gasteiger partial charge < -0.3 is 36.3 Å². The lowest BCUT2D eigenvalue weighted by atomic mass is 10.0. The number of carboxylic acids is 1. The number of nitrogens with two attached hydrogens (primary N) is 1. The van der Waals surface area contributed by atoms with Crippen molar-refractivity contribution in [3.05, 3.63) is 72.1 Å². The van der Waals surface area contributed by atoms with Gasteiger partial charge in [-0.15, -0.1) is 0 Å². The summed E-state index contributed by atoms with van der Waals surface area (Å²) in [5.41, 5.74) is 9.88. The summed E-state index contributed by atoms with van der Waals surface area (Å²) in [6.07, 6.45) is 5.06. The van der Waals surface area contributed by atoms with Gasteiger partial charge in [-0.3, -0.25) is 14.4 Å². The maximum Gasteiger partial charge on any atom is 0.327 e. The molecule has 2 aromatic carbocycles. The molecule has 0 spiro atoms. The van der Waals surface area contributed by atoms with Gasteiger partial charge in [0.2, 0.25) is 17.7 Å². The van der Waals surface area contributed by atoms with Gasteiger partial charge in [-0.25, -0.2) is 4.79 Å². The van der Waals surface area contributed by atoms with Crippen LogP contribution < -0.4 is 16.4 Å². The van der Waals surface area contributed by atoms with Crippen LogP contribution in [0.1, 0.15) is 24.0 Å². The number of carbonyl (C=O) groups excluding carboxylic acids is 3. The number of para-hydroxylation sites is 2. The van der Waals surface area contributed by atoms with E-state index in [2.05, 4.69) is 33.2 Å². The zero-order chi connectivity index (χ0) is 29.8. The number of thiol groups is 1. The van der Waals surface area contributed by atoms with Crippen LogP contribution in [-0.4, -0.2) is 80.1 Å². The number of benzene rings is 2. The number of amides is 3. The fraction of sp³-hybridized carbons (Fsp3) is 0.333. The molecule has 4 aromatic rings. The summed E-state index contributed by atoms with van der Waals surface area (Å²) < 4.78 is 0. The number of aromatic nitrogens is 2. The Bertz CT molecular complexity index is 1620. The van der Waals surface area contributed by atoms with Crippen molar-refractivity contribution in [2.75, 3.05) is 12.3 Å². The number of carboxylic acid groups (broad SMARTS) is 1. The number of fused-ring (bicyclic) bond motifs is 2. The lowest BCUT2D eigenvalue weighted by molar-refractivity contribution is -0.142. The van der Waals surface area contributed by atoms with E-state index in [1.807, 2.05) is 54.7 Å². The first-order chi connectivity index (χ1) is 20.3. The van der Waals surface area contributed by atoms with Crippen LogP contribution >= 0.6 is 12.6 Å². The number of hydrogen-bond acceptors (Lipinski definition) is 6. The van der Waals surface area contributed by atoms with Crippen molar-refractivity contribution in [2.45, 2.75) is 49.9 Å². The molecule has 1 saturated heterocycles. The van der Waals surface area contributed by atoms with Gasteiger partial charge in [-0.1, -0.05) is 36.4 Å². The Morgan fingerprint density at radius 1 is 0.929 bits per heavy atom. The number of rotatable bonds is 11. The molecule has 3 amide bonds. The van der Waals surface area contributed by atoms with Gasteiger partial charge in [-0.05, 0) is 42.5 Å². The Morgan fingerprint density at radius 3 is 2.12 bits per heavy atom. The quantitative estimate of drug-likeness (QED) is 0.131. The lowest BCUT2D eigenvalue weighted by Gasteiger charge is -2.28. The Kier molecular flexibility index (Phi) is 8.83. The normalized spacial score (nSPS) is 17.2. The molecule has 1 fully saturated rings. The van der Waals surface area contributed by atoms with E-state index in [4.69, 9.17) is 5.73 Å². The molecule has 2 aromatic heterocycles. The topological polar surface area (TPSA) is 173 Å². The molecule has 11 nitrogen and oxygen atoms in total. The van der Waals surface area contributed by atoms with Crippen molar-refractivity contribution in [3.63, 3.8) is 0 Å². The summed E-state index contributed by atoms with van der Waals surface area (Å²) >= 11 is 4.04. The highest BCUT2D eigenvalue weighted by Gasteiger charge is 2.38. The number of likely N-dealkylation sites (tertiary alicyclic amines) is 1. The third-order valence-electron chi connectivity index (χ3n) is 7.80. The lowest BCUT2D eigenvalue weighted by Crippen LogP contribution is -2.57. The van der Waals surface area contributed by atoms with E-state index >= 15 is 0 Å². The van der Waals surface area contributed by atoms with Crippen LogP contribution in [0.2, 0.25) is 0 Å². The summed E-state index contributed by atoms with van der Waals surface area (Å²) in [5.74, 6) is -2.82. The zero-order valence-corrected chi connectivity index (χ0v) is 23.8. The average molecular weight is 591 g/mol. The fourth-order valence-corrected chi connectivity index (χ4v) is 5.84. The first-order valence-electron chi connectivity index (χ1n) is 13.9. The average Bonchev–Trinajstić information content (AvgIpc) is 3.74. The molecule has 5 rings (SSSR count). The van der Waals surface area contributed by atoms with Gasteiger partial charge in [0.25, 0.3) is 0 Å². The highest BCUT2D eigenvalue weighted by Crippen LogP contribution is 2.23. The Hall–Kier alpha value is -4.29. The van der Waals surface area contributed by atoms with Crippen molar-refractivity contribution in [3.8, 4) is 0 Å². The van der Waals surface area contributed by atoms with Crippen LogP contribution in [0.15, 0.2) is 60.9 Å². The molecule has 42 heavy (non-hydrogen) atoms. The molecule has 0 bridgehead atoms. The van der Waals surface area contributed by atoms with E-state index in [-0.39, 0.29) is 18.1 Å². The van der Waals surface area contributed by atoms with Gasteiger partial charge in [0.05, 0.1) is 6.04 Å². The summed E-state index contributed by atoms with van der Waals surface area (Å²) in [6.45, 7) is 0.374. The van der Waals surface area contributed by atoms with E-state index in [0.29, 0.717) is 25.8 Å². The Balaban J connectivity index is 1.32. The van der Waals surface area contributed by atoms with Gasteiger partial charge in [0.1, 0.15) is 18.1 Å². The molecule has 0 aliphatic carbocycles. The highest BCUT2D eigenvalue weighted by atomic mass is 32.1. The molecular weight excluding hydrogens is 556 g/mol. The molecule has 4 atom stereocenters. The van der Waals surface area contributed by atoms with Gasteiger partial charge in [0.15, 0.2) is 0 Å². The third kappa shape index (κ3) is 6.14. The van der Waals surface area contributed by atoms with Crippen LogP contribution in [0.25, 0.3) is 21.8 Å². The van der Waals surface area contributed by atoms with Gasteiger partial charge in [0, 0.05) is 52.9 Å². The molecule has 1 aliphatic heterocycles. The van der Waals surface area contributed by atoms with E-state index in [9.17, 15) is 24.3 Å². The van der Waals surface area contributed by atoms with E-state index in [1.54, 1.807) is 6.20 Å². The maximum absolute atomic E-state index is 13.6. The first-order valence-corrected chi connectivity index (χ1v) is 14.5. The molecule has 0 saturated carbocycles. The van der Waals surface area contributed by atoms with Crippen molar-refractivity contribution in [2.24, 2.45) is 5.73 Å². The molecular formula is C30H34N6O5S. The molecule has 7 N–H and O–H groups in total. The van der Waals surface area contributed by atoms with Crippen molar-refractivity contribution < 1.29 is 24.3 Å². The van der Waals surface area contributed by atoms with Crippen LogP contribution in [0.3, 0.4) is 0 Å². The summed E-state index contributed by atoms with van der Waals surface area (Å²) in [6, 6.07) is 11.3. The molecule has 0 radical (unpaired) electrons. The van der Waals surface area contributed by atoms with Gasteiger partial charge in [-0.2, -0.15) is 12.6 Å². The molecule has 220 valence electrons. The summed E-state index contributed by atoms with van der Waals surface area (Å²) in [7, 11) is 0. The van der Waals surface area contributed by atoms with Gasteiger partial charge >= 0.3 is 5.97 Å². The maximum atomic E-state index is 13.6. The SMILES string of the molecule is NC(Cc1c[nH]c2ccccc12)C(=O)N1CCCC1C(=O)NC(Cc1c[nH]c2ccccc12)C(=O)NC(CS)C(=O)O. The van der Waals surface area contributed by atoms with E-state index in [1.165, 1.54) is 4.90 Å². The number of carbonyl (C=O) groups is 4. The second-order valence-electron chi connectivity index (χ2n) is 10.6. The minimum atomic E-state index is -1.23. The number of nitrogens with zero attached hydrogens (tertiary/aromatic N) is 1. The number of nitrogens with one attached hydrogen (secondary N) is 4. The minimum Gasteiger partial charge on any atom is -0.480 e. The molecule has 3 heterocycles. The monoisotopic (exact) mass is 590 g/mol. The van der Waals surface area contributed by atoms with E-state index in [0.717, 1.165) is 32.9 Å². The molecule has 4 unspecified atom stereocenters. The predicted octanol–water partition coefficient (Wildman–Crippen LogP) is 1.74. The van der Waals surface area contributed by atoms with Crippen molar-refractivity contribution in [1.29, 1.82) is 0 Å². The second-order valence-corrected chi connectivity index (χ2v) is 10.9. The smallest absolute Gasteiger partial charge is 0.327 e. The molecule has 12 heteroatoms. The Labute approximate surface area is 247 Å². The van der Waals surface area contributed by atoms with Crippen LogP contribution in [0.5, 0.6) is 0 Å². The van der Waals surface area contributed by atoms with Crippen LogP contribution in [0.4, 0.5) is 0 Å². The third-order valence-corrected chi connectivity index (χ3v) is 8.16. The fourth-order valence-electron chi connectivity index (χ4n) is 5.60. The highest BCUT2D eigenvalue weighted by molar-refractivity contribution is 7.80. The number of aromatic amines is 2. The standard InChI is InChI=1S/C30H34N6O5S/c31-21(12-17-14-32-22-8-3-1-6-19(17)22)29(39)36-11-5-10-26(36)28(38)34-24(27(37)35-25(16-42)30(40)41)13-18-15-33-23-9-4-2-7-20(18)23/h1-4,6-9,14-15,21,24-26,32-33,42H,5,10-13,16,31H2,(H,34,38)(H,35,37)(H,40,41).